The predicted octanol–water partition coefficient (Wildman–Crippen LogP) is 2.15. The molecule has 25 heavy (non-hydrogen) atoms. The number of carboxylic acids is 1. The van der Waals surface area contributed by atoms with Gasteiger partial charge in [-0.3, -0.25) is 0 Å². The van der Waals surface area contributed by atoms with Crippen molar-refractivity contribution >= 4 is 23.3 Å². The Kier molecular flexibility index (Phi) is 6.68. The van der Waals surface area contributed by atoms with Crippen molar-refractivity contribution in [2.24, 2.45) is 0 Å². The van der Waals surface area contributed by atoms with Gasteiger partial charge in [-0.15, -0.1) is 0 Å². The van der Waals surface area contributed by atoms with Gasteiger partial charge in [0.25, 0.3) is 0 Å². The summed E-state index contributed by atoms with van der Waals surface area (Å²) >= 11 is 0. The second kappa shape index (κ2) is 8.19. The van der Waals surface area contributed by atoms with Crippen LogP contribution in [0.2, 0.25) is 0 Å². The molecule has 3 nitrogen and oxygen atoms in total. The van der Waals surface area contributed by atoms with Gasteiger partial charge in [-0.25, -0.2) is 4.79 Å². The molecule has 0 saturated carbocycles. The van der Waals surface area contributed by atoms with Crippen molar-refractivity contribution in [3.8, 4) is 0 Å². The van der Waals surface area contributed by atoms with Crippen molar-refractivity contribution in [1.82, 2.24) is 0 Å². The van der Waals surface area contributed by atoms with Crippen LogP contribution in [0, 0.1) is 0 Å². The number of rotatable bonds is 3. The molecule has 0 bridgehead atoms. The SMILES string of the molecule is CC(=Cc1ccc(C(=O)O)cc1)c1ccc2c(c1)C(C)(C)CCN2.[H-].[K+]. The molecule has 0 amide bonds. The van der Waals surface area contributed by atoms with Crippen LogP contribution in [0.3, 0.4) is 0 Å². The van der Waals surface area contributed by atoms with Crippen molar-refractivity contribution in [1.29, 1.82) is 0 Å². The molecule has 126 valence electrons. The van der Waals surface area contributed by atoms with Crippen LogP contribution in [0.15, 0.2) is 42.5 Å². The Bertz CT molecular complexity index is 813. The first-order chi connectivity index (χ1) is 11.4. The van der Waals surface area contributed by atoms with Crippen LogP contribution in [0.5, 0.6) is 0 Å². The first kappa shape index (κ1) is 20.4. The molecule has 0 radical (unpaired) electrons. The van der Waals surface area contributed by atoms with Crippen molar-refractivity contribution in [3.05, 3.63) is 64.7 Å². The number of benzene rings is 2. The Morgan fingerprint density at radius 3 is 2.44 bits per heavy atom. The summed E-state index contributed by atoms with van der Waals surface area (Å²) in [6.45, 7) is 7.69. The van der Waals surface area contributed by atoms with E-state index >= 15 is 0 Å². The molecule has 0 aliphatic carbocycles. The fourth-order valence-corrected chi connectivity index (χ4v) is 3.20. The number of carbonyl (C=O) groups is 1. The molecule has 0 spiro atoms. The number of carboxylic acid groups (broad SMARTS) is 1. The third-order valence-electron chi connectivity index (χ3n) is 4.81. The van der Waals surface area contributed by atoms with E-state index in [2.05, 4.69) is 50.4 Å². The summed E-state index contributed by atoms with van der Waals surface area (Å²) in [5.74, 6) is -0.897. The van der Waals surface area contributed by atoms with E-state index in [1.165, 1.54) is 22.4 Å². The molecule has 2 aromatic carbocycles. The van der Waals surface area contributed by atoms with E-state index in [0.717, 1.165) is 18.5 Å². The zero-order valence-electron chi connectivity index (χ0n) is 16.4. The molecule has 0 saturated heterocycles. The zero-order chi connectivity index (χ0) is 17.3. The number of aromatic carboxylic acids is 1. The predicted molar refractivity (Wildman–Crippen MR) is 101 cm³/mol. The van der Waals surface area contributed by atoms with Crippen molar-refractivity contribution < 1.29 is 62.7 Å². The molecule has 2 N–H and O–H groups in total. The fraction of sp³-hybridized carbons (Fsp3) is 0.286. The Morgan fingerprint density at radius 2 is 1.80 bits per heavy atom. The molecular formula is C21H24KNO2. The molecular weight excluding hydrogens is 337 g/mol. The Hall–Kier alpha value is -0.914. The summed E-state index contributed by atoms with van der Waals surface area (Å²) < 4.78 is 0. The van der Waals surface area contributed by atoms with Crippen LogP contribution in [0.4, 0.5) is 5.69 Å². The maximum absolute atomic E-state index is 10.9. The largest absolute Gasteiger partial charge is 1.00 e. The second-order valence-electron chi connectivity index (χ2n) is 7.08. The van der Waals surface area contributed by atoms with Gasteiger partial charge in [-0.2, -0.15) is 0 Å². The van der Waals surface area contributed by atoms with E-state index in [1.54, 1.807) is 12.1 Å². The third kappa shape index (κ3) is 4.63. The van der Waals surface area contributed by atoms with Crippen molar-refractivity contribution in [2.75, 3.05) is 11.9 Å². The molecule has 0 atom stereocenters. The van der Waals surface area contributed by atoms with Gasteiger partial charge in [-0.1, -0.05) is 38.1 Å². The van der Waals surface area contributed by atoms with Crippen LogP contribution in [-0.4, -0.2) is 17.6 Å². The maximum atomic E-state index is 10.9. The minimum Gasteiger partial charge on any atom is -1.00 e. The summed E-state index contributed by atoms with van der Waals surface area (Å²) in [5.41, 5.74) is 6.46. The summed E-state index contributed by atoms with van der Waals surface area (Å²) in [6, 6.07) is 13.6. The van der Waals surface area contributed by atoms with Gasteiger partial charge in [0.05, 0.1) is 5.56 Å². The average Bonchev–Trinajstić information content (AvgIpc) is 2.55. The molecule has 1 heterocycles. The molecule has 1 aliphatic heterocycles. The van der Waals surface area contributed by atoms with Gasteiger partial charge >= 0.3 is 57.4 Å². The van der Waals surface area contributed by atoms with E-state index in [1.807, 2.05) is 12.1 Å². The van der Waals surface area contributed by atoms with Gasteiger partial charge < -0.3 is 11.8 Å². The fourth-order valence-electron chi connectivity index (χ4n) is 3.20. The topological polar surface area (TPSA) is 49.3 Å². The van der Waals surface area contributed by atoms with Crippen LogP contribution in [-0.2, 0) is 5.41 Å². The second-order valence-corrected chi connectivity index (χ2v) is 7.08. The van der Waals surface area contributed by atoms with Crippen LogP contribution >= 0.6 is 0 Å². The molecule has 3 rings (SSSR count). The van der Waals surface area contributed by atoms with E-state index < -0.39 is 5.97 Å². The van der Waals surface area contributed by atoms with Gasteiger partial charge in [0.15, 0.2) is 0 Å². The van der Waals surface area contributed by atoms with Crippen LogP contribution in [0.25, 0.3) is 11.6 Å². The van der Waals surface area contributed by atoms with E-state index in [-0.39, 0.29) is 58.2 Å². The maximum Gasteiger partial charge on any atom is 1.00 e. The molecule has 0 aromatic heterocycles. The van der Waals surface area contributed by atoms with Crippen LogP contribution in [0.1, 0.15) is 55.7 Å². The normalized spacial score (nSPS) is 15.6. The number of hydrogen-bond acceptors (Lipinski definition) is 2. The van der Waals surface area contributed by atoms with Gasteiger partial charge in [-0.05, 0) is 65.3 Å². The van der Waals surface area contributed by atoms with E-state index in [4.69, 9.17) is 5.11 Å². The monoisotopic (exact) mass is 361 g/mol. The molecule has 2 aromatic rings. The molecule has 4 heteroatoms. The minimum atomic E-state index is -0.897. The third-order valence-corrected chi connectivity index (χ3v) is 4.81. The number of anilines is 1. The minimum absolute atomic E-state index is 0. The van der Waals surface area contributed by atoms with Gasteiger partial charge in [0, 0.05) is 12.2 Å². The number of fused-ring (bicyclic) bond motifs is 1. The Balaban J connectivity index is 0.00000169. The van der Waals surface area contributed by atoms with Crippen molar-refractivity contribution in [2.45, 2.75) is 32.6 Å². The standard InChI is InChI=1S/C21H23NO2.K.H/c1-14(12-15-4-6-16(7-5-15)20(23)24)17-8-9-19-18(13-17)21(2,3)10-11-22-19;;/h4-9,12-13,22H,10-11H2,1-3H3,(H,23,24);;/q;+1;-1. The zero-order valence-corrected chi connectivity index (χ0v) is 18.5. The summed E-state index contributed by atoms with van der Waals surface area (Å²) in [5, 5.41) is 12.5. The number of hydrogen-bond donors (Lipinski definition) is 2. The summed E-state index contributed by atoms with van der Waals surface area (Å²) in [7, 11) is 0. The quantitative estimate of drug-likeness (QED) is 0.651. The van der Waals surface area contributed by atoms with E-state index in [0.29, 0.717) is 5.56 Å². The molecule has 1 aliphatic rings. The van der Waals surface area contributed by atoms with Gasteiger partial charge in [0.1, 0.15) is 0 Å². The summed E-state index contributed by atoms with van der Waals surface area (Å²) in [6.07, 6.45) is 3.22. The Morgan fingerprint density at radius 1 is 1.16 bits per heavy atom. The average molecular weight is 362 g/mol. The Labute approximate surface area is 193 Å². The van der Waals surface area contributed by atoms with Crippen molar-refractivity contribution in [3.63, 3.8) is 0 Å². The van der Waals surface area contributed by atoms with Gasteiger partial charge in [0.2, 0.25) is 0 Å². The molecule has 0 fully saturated rings. The first-order valence-corrected chi connectivity index (χ1v) is 8.27. The number of allylic oxidation sites excluding steroid dienone is 1. The molecule has 0 unspecified atom stereocenters. The van der Waals surface area contributed by atoms with E-state index in [9.17, 15) is 4.79 Å². The summed E-state index contributed by atoms with van der Waals surface area (Å²) in [4.78, 5) is 10.9. The first-order valence-electron chi connectivity index (χ1n) is 8.27. The number of nitrogens with one attached hydrogen (secondary N) is 1. The smallest absolute Gasteiger partial charge is 1.00 e. The van der Waals surface area contributed by atoms with Crippen LogP contribution < -0.4 is 56.7 Å².